The molecule has 2 aromatic carbocycles. The molecule has 0 spiro atoms. The number of rotatable bonds is 5. The Morgan fingerprint density at radius 2 is 1.95 bits per heavy atom. The number of para-hydroxylation sites is 1. The van der Waals surface area contributed by atoms with Crippen LogP contribution in [0.3, 0.4) is 0 Å². The van der Waals surface area contributed by atoms with Gasteiger partial charge < -0.3 is 10.1 Å². The first kappa shape index (κ1) is 16.7. The van der Waals surface area contributed by atoms with Crippen LogP contribution in [0.15, 0.2) is 42.5 Å². The summed E-state index contributed by atoms with van der Waals surface area (Å²) >= 11 is 12.0. The second kappa shape index (κ2) is 7.52. The van der Waals surface area contributed by atoms with Crippen molar-refractivity contribution in [1.82, 2.24) is 0 Å². The number of aryl methyl sites for hydroxylation is 1. The second-order valence-corrected chi connectivity index (χ2v) is 5.74. The summed E-state index contributed by atoms with van der Waals surface area (Å²) in [6.07, 6.45) is -0.0608. The highest BCUT2D eigenvalue weighted by molar-refractivity contribution is 6.35. The molecule has 0 saturated heterocycles. The van der Waals surface area contributed by atoms with Gasteiger partial charge in [-0.05, 0) is 43.2 Å². The van der Waals surface area contributed by atoms with Crippen LogP contribution in [0.5, 0.6) is 5.75 Å². The molecule has 22 heavy (non-hydrogen) atoms. The fraction of sp³-hybridized carbons (Fsp3) is 0.235. The maximum absolute atomic E-state index is 12.4. The van der Waals surface area contributed by atoms with E-state index in [2.05, 4.69) is 5.32 Å². The van der Waals surface area contributed by atoms with Crippen molar-refractivity contribution >= 4 is 34.8 Å². The number of carbonyl (C=O) groups excluding carboxylic acids is 1. The van der Waals surface area contributed by atoms with E-state index in [1.807, 2.05) is 38.1 Å². The van der Waals surface area contributed by atoms with Crippen molar-refractivity contribution in [2.24, 2.45) is 0 Å². The number of hydrogen-bond acceptors (Lipinski definition) is 2. The van der Waals surface area contributed by atoms with E-state index in [1.165, 1.54) is 0 Å². The largest absolute Gasteiger partial charge is 0.480 e. The molecule has 2 rings (SSSR count). The van der Waals surface area contributed by atoms with Gasteiger partial charge in [0.15, 0.2) is 6.10 Å². The summed E-state index contributed by atoms with van der Waals surface area (Å²) in [4.78, 5) is 12.4. The van der Waals surface area contributed by atoms with Crippen molar-refractivity contribution in [3.05, 3.63) is 58.1 Å². The fourth-order valence-corrected chi connectivity index (χ4v) is 2.31. The molecule has 0 aliphatic rings. The molecular formula is C17H17Cl2NO2. The molecule has 0 heterocycles. The van der Waals surface area contributed by atoms with Crippen molar-refractivity contribution in [3.8, 4) is 5.75 Å². The summed E-state index contributed by atoms with van der Waals surface area (Å²) in [5.74, 6) is 0.441. The highest BCUT2D eigenvalue weighted by atomic mass is 35.5. The highest BCUT2D eigenvalue weighted by Gasteiger charge is 2.20. The van der Waals surface area contributed by atoms with Gasteiger partial charge in [-0.15, -0.1) is 0 Å². The van der Waals surface area contributed by atoms with Gasteiger partial charge in [-0.25, -0.2) is 0 Å². The van der Waals surface area contributed by atoms with Crippen molar-refractivity contribution in [1.29, 1.82) is 0 Å². The lowest BCUT2D eigenvalue weighted by Crippen LogP contribution is -2.32. The first-order valence-corrected chi connectivity index (χ1v) is 7.75. The van der Waals surface area contributed by atoms with Gasteiger partial charge >= 0.3 is 0 Å². The standard InChI is InChI=1S/C17H17Cl2NO2/c1-3-15(22-16-7-5-4-6-11(16)2)17(21)20-14-10-12(18)8-9-13(14)19/h4-10,15H,3H2,1-2H3,(H,20,21)/t15-/m1/s1. The second-order valence-electron chi connectivity index (χ2n) is 4.89. The van der Waals surface area contributed by atoms with Crippen LogP contribution in [0.1, 0.15) is 18.9 Å². The van der Waals surface area contributed by atoms with Crippen LogP contribution in [0.4, 0.5) is 5.69 Å². The Balaban J connectivity index is 2.12. The Hall–Kier alpha value is -1.71. The first-order chi connectivity index (χ1) is 10.5. The summed E-state index contributed by atoms with van der Waals surface area (Å²) in [6.45, 7) is 3.83. The average molecular weight is 338 g/mol. The number of ether oxygens (including phenoxy) is 1. The third-order valence-corrected chi connectivity index (χ3v) is 3.78. The van der Waals surface area contributed by atoms with Gasteiger partial charge in [0.05, 0.1) is 10.7 Å². The molecule has 0 aliphatic carbocycles. The van der Waals surface area contributed by atoms with Gasteiger partial charge in [0, 0.05) is 5.02 Å². The number of halogens is 2. The zero-order valence-corrected chi connectivity index (χ0v) is 13.9. The van der Waals surface area contributed by atoms with E-state index in [1.54, 1.807) is 18.2 Å². The Bertz CT molecular complexity index is 673. The molecule has 0 aliphatic heterocycles. The number of hydrogen-bond donors (Lipinski definition) is 1. The third-order valence-electron chi connectivity index (χ3n) is 3.21. The molecule has 0 radical (unpaired) electrons. The molecule has 2 aromatic rings. The van der Waals surface area contributed by atoms with Gasteiger partial charge in [-0.2, -0.15) is 0 Å². The summed E-state index contributed by atoms with van der Waals surface area (Å²) < 4.78 is 5.81. The molecule has 1 atom stereocenters. The normalized spacial score (nSPS) is 11.8. The fourth-order valence-electron chi connectivity index (χ4n) is 1.97. The number of amides is 1. The van der Waals surface area contributed by atoms with Gasteiger partial charge in [0.25, 0.3) is 5.91 Å². The van der Waals surface area contributed by atoms with Crippen LogP contribution in [-0.2, 0) is 4.79 Å². The van der Waals surface area contributed by atoms with E-state index in [0.29, 0.717) is 27.9 Å². The van der Waals surface area contributed by atoms with Crippen molar-refractivity contribution in [3.63, 3.8) is 0 Å². The van der Waals surface area contributed by atoms with Crippen LogP contribution in [-0.4, -0.2) is 12.0 Å². The summed E-state index contributed by atoms with van der Waals surface area (Å²) in [5.41, 5.74) is 1.46. The molecule has 5 heteroatoms. The zero-order valence-electron chi connectivity index (χ0n) is 12.4. The van der Waals surface area contributed by atoms with Crippen LogP contribution in [0, 0.1) is 6.92 Å². The minimum Gasteiger partial charge on any atom is -0.480 e. The molecule has 0 unspecified atom stereocenters. The van der Waals surface area contributed by atoms with E-state index in [9.17, 15) is 4.79 Å². The minimum atomic E-state index is -0.601. The Morgan fingerprint density at radius 1 is 1.23 bits per heavy atom. The highest BCUT2D eigenvalue weighted by Crippen LogP contribution is 2.26. The number of carbonyl (C=O) groups is 1. The van der Waals surface area contributed by atoms with Crippen molar-refractivity contribution in [2.75, 3.05) is 5.32 Å². The van der Waals surface area contributed by atoms with Gasteiger partial charge in [0.1, 0.15) is 5.75 Å². The molecule has 3 nitrogen and oxygen atoms in total. The van der Waals surface area contributed by atoms with E-state index in [-0.39, 0.29) is 5.91 Å². The van der Waals surface area contributed by atoms with Crippen LogP contribution < -0.4 is 10.1 Å². The number of nitrogens with one attached hydrogen (secondary N) is 1. The smallest absolute Gasteiger partial charge is 0.265 e. The predicted molar refractivity (Wildman–Crippen MR) is 91.0 cm³/mol. The lowest BCUT2D eigenvalue weighted by atomic mass is 10.2. The minimum absolute atomic E-state index is 0.255. The SMILES string of the molecule is CC[C@@H](Oc1ccccc1C)C(=O)Nc1cc(Cl)ccc1Cl. The molecule has 0 saturated carbocycles. The summed E-state index contributed by atoms with van der Waals surface area (Å²) in [7, 11) is 0. The van der Waals surface area contributed by atoms with Crippen LogP contribution in [0.25, 0.3) is 0 Å². The monoisotopic (exact) mass is 337 g/mol. The lowest BCUT2D eigenvalue weighted by Gasteiger charge is -2.19. The first-order valence-electron chi connectivity index (χ1n) is 6.99. The maximum atomic E-state index is 12.4. The maximum Gasteiger partial charge on any atom is 0.265 e. The molecular weight excluding hydrogens is 321 g/mol. The lowest BCUT2D eigenvalue weighted by molar-refractivity contribution is -0.122. The van der Waals surface area contributed by atoms with Crippen LogP contribution >= 0.6 is 23.2 Å². The molecule has 0 fully saturated rings. The number of anilines is 1. The zero-order chi connectivity index (χ0) is 16.1. The van der Waals surface area contributed by atoms with Gasteiger partial charge in [-0.1, -0.05) is 48.3 Å². The van der Waals surface area contributed by atoms with Crippen LogP contribution in [0.2, 0.25) is 10.0 Å². The Labute approximate surface area is 140 Å². The van der Waals surface area contributed by atoms with Gasteiger partial charge in [-0.3, -0.25) is 4.79 Å². The topological polar surface area (TPSA) is 38.3 Å². The summed E-state index contributed by atoms with van der Waals surface area (Å²) in [5, 5.41) is 3.70. The van der Waals surface area contributed by atoms with Crippen molar-refractivity contribution < 1.29 is 9.53 Å². The summed E-state index contributed by atoms with van der Waals surface area (Å²) in [6, 6.07) is 12.5. The van der Waals surface area contributed by atoms with Crippen molar-refractivity contribution in [2.45, 2.75) is 26.4 Å². The predicted octanol–water partition coefficient (Wildman–Crippen LogP) is 5.10. The average Bonchev–Trinajstić information content (AvgIpc) is 2.50. The molecule has 116 valence electrons. The number of benzene rings is 2. The van der Waals surface area contributed by atoms with E-state index in [4.69, 9.17) is 27.9 Å². The van der Waals surface area contributed by atoms with Gasteiger partial charge in [0.2, 0.25) is 0 Å². The molecule has 0 aromatic heterocycles. The van der Waals surface area contributed by atoms with E-state index < -0.39 is 6.10 Å². The molecule has 1 N–H and O–H groups in total. The molecule has 0 bridgehead atoms. The third kappa shape index (κ3) is 4.15. The quantitative estimate of drug-likeness (QED) is 0.824. The van der Waals surface area contributed by atoms with E-state index >= 15 is 0 Å². The Kier molecular flexibility index (Phi) is 5.69. The Morgan fingerprint density at radius 3 is 2.64 bits per heavy atom. The van der Waals surface area contributed by atoms with E-state index in [0.717, 1.165) is 5.56 Å². The molecule has 1 amide bonds.